The van der Waals surface area contributed by atoms with Gasteiger partial charge in [0, 0.05) is 23.4 Å². The van der Waals surface area contributed by atoms with Crippen molar-refractivity contribution < 1.29 is 23.8 Å². The molecule has 0 fully saturated rings. The first-order valence-corrected chi connectivity index (χ1v) is 8.96. The maximum absolute atomic E-state index is 10.6. The van der Waals surface area contributed by atoms with Crippen LogP contribution in [-0.2, 0) is 4.79 Å². The van der Waals surface area contributed by atoms with E-state index in [2.05, 4.69) is 4.98 Å². The van der Waals surface area contributed by atoms with Crippen LogP contribution in [0.4, 0.5) is 0 Å². The second-order valence-corrected chi connectivity index (χ2v) is 6.39. The number of hydrogen-bond acceptors (Lipinski definition) is 5. The van der Waals surface area contributed by atoms with Gasteiger partial charge in [-0.2, -0.15) is 0 Å². The Morgan fingerprint density at radius 1 is 1.14 bits per heavy atom. The molecule has 3 aromatic carbocycles. The van der Waals surface area contributed by atoms with E-state index in [4.69, 9.17) is 19.0 Å². The molecule has 28 heavy (non-hydrogen) atoms. The van der Waals surface area contributed by atoms with Crippen LogP contribution in [0.5, 0.6) is 11.5 Å². The van der Waals surface area contributed by atoms with E-state index in [0.29, 0.717) is 24.5 Å². The Morgan fingerprint density at radius 3 is 2.86 bits per heavy atom. The van der Waals surface area contributed by atoms with Gasteiger partial charge in [0.2, 0.25) is 5.89 Å². The van der Waals surface area contributed by atoms with Crippen molar-refractivity contribution >= 4 is 27.8 Å². The predicted octanol–water partition coefficient (Wildman–Crippen LogP) is 4.90. The number of methoxy groups -OCH3 is 1. The normalized spacial score (nSPS) is 11.0. The minimum Gasteiger partial charge on any atom is -0.497 e. The highest BCUT2D eigenvalue weighted by molar-refractivity contribution is 5.91. The number of aromatic nitrogens is 1. The van der Waals surface area contributed by atoms with Gasteiger partial charge in [0.05, 0.1) is 13.7 Å². The lowest BCUT2D eigenvalue weighted by atomic mass is 10.1. The molecule has 0 aliphatic heterocycles. The van der Waals surface area contributed by atoms with Crippen molar-refractivity contribution in [1.82, 2.24) is 4.98 Å². The molecule has 0 unspecified atom stereocenters. The van der Waals surface area contributed by atoms with E-state index < -0.39 is 5.97 Å². The van der Waals surface area contributed by atoms with Gasteiger partial charge < -0.3 is 19.0 Å². The van der Waals surface area contributed by atoms with Gasteiger partial charge in [-0.05, 0) is 48.2 Å². The molecule has 6 nitrogen and oxygen atoms in total. The summed E-state index contributed by atoms with van der Waals surface area (Å²) in [6.45, 7) is 0.361. The first kappa shape index (κ1) is 17.9. The van der Waals surface area contributed by atoms with E-state index >= 15 is 0 Å². The smallest absolute Gasteiger partial charge is 0.303 e. The van der Waals surface area contributed by atoms with Gasteiger partial charge in [0.1, 0.15) is 17.0 Å². The predicted molar refractivity (Wildman–Crippen MR) is 106 cm³/mol. The Bertz CT molecular complexity index is 1150. The Hall–Kier alpha value is -3.54. The Balaban J connectivity index is 1.62. The van der Waals surface area contributed by atoms with Crippen molar-refractivity contribution in [3.8, 4) is 23.0 Å². The summed E-state index contributed by atoms with van der Waals surface area (Å²) in [6.07, 6.45) is 0.563. The fourth-order valence-electron chi connectivity index (χ4n) is 3.07. The Kier molecular flexibility index (Phi) is 4.85. The first-order valence-electron chi connectivity index (χ1n) is 8.96. The zero-order valence-electron chi connectivity index (χ0n) is 15.3. The summed E-state index contributed by atoms with van der Waals surface area (Å²) >= 11 is 0. The molecule has 0 amide bonds. The molecule has 1 heterocycles. The average molecular weight is 377 g/mol. The maximum Gasteiger partial charge on any atom is 0.303 e. The van der Waals surface area contributed by atoms with Gasteiger partial charge in [0.15, 0.2) is 5.58 Å². The van der Waals surface area contributed by atoms with Crippen LogP contribution in [0.1, 0.15) is 12.8 Å². The third-order valence-corrected chi connectivity index (χ3v) is 4.48. The SMILES string of the molecule is COc1ccc2nc(-c3ccc4c(OCCCC(=O)O)cccc4c3)oc2c1. The summed E-state index contributed by atoms with van der Waals surface area (Å²) in [7, 11) is 1.61. The Labute approximate surface area is 161 Å². The number of rotatable bonds is 7. The molecule has 0 atom stereocenters. The van der Waals surface area contributed by atoms with Crippen LogP contribution in [0, 0.1) is 0 Å². The molecular formula is C22H19NO5. The highest BCUT2D eigenvalue weighted by Gasteiger charge is 2.11. The van der Waals surface area contributed by atoms with Crippen molar-refractivity contribution in [1.29, 1.82) is 0 Å². The van der Waals surface area contributed by atoms with E-state index in [1.54, 1.807) is 7.11 Å². The highest BCUT2D eigenvalue weighted by Crippen LogP contribution is 2.32. The monoisotopic (exact) mass is 377 g/mol. The number of benzene rings is 3. The molecular weight excluding hydrogens is 358 g/mol. The van der Waals surface area contributed by atoms with Gasteiger partial charge in [-0.15, -0.1) is 0 Å². The standard InChI is InChI=1S/C22H19NO5/c1-26-16-8-10-18-20(13-16)28-22(23-18)15-7-9-17-14(12-15)4-2-5-19(17)27-11-3-6-21(24)25/h2,4-5,7-10,12-13H,3,6,11H2,1H3,(H,24,25). The van der Waals surface area contributed by atoms with Gasteiger partial charge in [-0.25, -0.2) is 4.98 Å². The van der Waals surface area contributed by atoms with Gasteiger partial charge >= 0.3 is 5.97 Å². The van der Waals surface area contributed by atoms with Crippen LogP contribution in [0.2, 0.25) is 0 Å². The van der Waals surface area contributed by atoms with Crippen LogP contribution >= 0.6 is 0 Å². The van der Waals surface area contributed by atoms with E-state index in [1.807, 2.05) is 54.6 Å². The molecule has 4 rings (SSSR count). The second-order valence-electron chi connectivity index (χ2n) is 6.39. The fourth-order valence-corrected chi connectivity index (χ4v) is 3.07. The van der Waals surface area contributed by atoms with Crippen LogP contribution in [0.3, 0.4) is 0 Å². The number of carbonyl (C=O) groups is 1. The number of aliphatic carboxylic acids is 1. The van der Waals surface area contributed by atoms with E-state index in [0.717, 1.165) is 33.4 Å². The van der Waals surface area contributed by atoms with E-state index in [1.165, 1.54) is 0 Å². The summed E-state index contributed by atoms with van der Waals surface area (Å²) in [5.41, 5.74) is 2.31. The lowest BCUT2D eigenvalue weighted by molar-refractivity contribution is -0.137. The molecule has 6 heteroatoms. The van der Waals surface area contributed by atoms with Crippen molar-refractivity contribution in [2.75, 3.05) is 13.7 Å². The summed E-state index contributed by atoms with van der Waals surface area (Å²) in [5, 5.41) is 10.7. The van der Waals surface area contributed by atoms with Crippen molar-refractivity contribution in [3.05, 3.63) is 54.6 Å². The van der Waals surface area contributed by atoms with Gasteiger partial charge in [-0.1, -0.05) is 12.1 Å². The fraction of sp³-hybridized carbons (Fsp3) is 0.182. The minimum atomic E-state index is -0.817. The van der Waals surface area contributed by atoms with E-state index in [9.17, 15) is 4.79 Å². The number of oxazole rings is 1. The molecule has 0 spiro atoms. The lowest BCUT2D eigenvalue weighted by Crippen LogP contribution is -2.02. The van der Waals surface area contributed by atoms with Crippen molar-refractivity contribution in [2.24, 2.45) is 0 Å². The molecule has 0 radical (unpaired) electrons. The molecule has 1 N–H and O–H groups in total. The summed E-state index contributed by atoms with van der Waals surface area (Å²) in [5.74, 6) is 1.18. The third-order valence-electron chi connectivity index (χ3n) is 4.48. The van der Waals surface area contributed by atoms with Crippen LogP contribution in [0.15, 0.2) is 59.0 Å². The molecule has 0 bridgehead atoms. The molecule has 0 aliphatic rings. The summed E-state index contributed by atoms with van der Waals surface area (Å²) < 4.78 is 16.9. The molecule has 0 aliphatic carbocycles. The van der Waals surface area contributed by atoms with Gasteiger partial charge in [-0.3, -0.25) is 4.79 Å². The quantitative estimate of drug-likeness (QED) is 0.461. The minimum absolute atomic E-state index is 0.0947. The summed E-state index contributed by atoms with van der Waals surface area (Å²) in [4.78, 5) is 15.2. The third kappa shape index (κ3) is 3.62. The van der Waals surface area contributed by atoms with E-state index in [-0.39, 0.29) is 6.42 Å². The number of fused-ring (bicyclic) bond motifs is 2. The first-order chi connectivity index (χ1) is 13.6. The molecule has 0 saturated carbocycles. The van der Waals surface area contributed by atoms with Crippen molar-refractivity contribution in [3.63, 3.8) is 0 Å². The van der Waals surface area contributed by atoms with Crippen molar-refractivity contribution in [2.45, 2.75) is 12.8 Å². The number of hydrogen-bond donors (Lipinski definition) is 1. The molecule has 4 aromatic rings. The lowest BCUT2D eigenvalue weighted by Gasteiger charge is -2.09. The molecule has 142 valence electrons. The maximum atomic E-state index is 10.6. The number of carboxylic acid groups (broad SMARTS) is 1. The van der Waals surface area contributed by atoms with Crippen LogP contribution in [-0.4, -0.2) is 29.8 Å². The zero-order valence-corrected chi connectivity index (χ0v) is 15.3. The second kappa shape index (κ2) is 7.60. The molecule has 1 aromatic heterocycles. The zero-order chi connectivity index (χ0) is 19.5. The average Bonchev–Trinajstić information content (AvgIpc) is 3.14. The highest BCUT2D eigenvalue weighted by atomic mass is 16.5. The van der Waals surface area contributed by atoms with Crippen LogP contribution < -0.4 is 9.47 Å². The Morgan fingerprint density at radius 2 is 2.04 bits per heavy atom. The van der Waals surface area contributed by atoms with Crippen LogP contribution in [0.25, 0.3) is 33.3 Å². The number of ether oxygens (including phenoxy) is 2. The number of carboxylic acids is 1. The number of nitrogens with zero attached hydrogens (tertiary/aromatic N) is 1. The van der Waals surface area contributed by atoms with Gasteiger partial charge in [0.25, 0.3) is 0 Å². The summed E-state index contributed by atoms with van der Waals surface area (Å²) in [6, 6.07) is 17.2. The largest absolute Gasteiger partial charge is 0.497 e. The molecule has 0 saturated heterocycles. The topological polar surface area (TPSA) is 81.8 Å².